The molecule has 0 spiro atoms. The molecule has 1 aliphatic heterocycles. The van der Waals surface area contributed by atoms with Crippen molar-refractivity contribution < 1.29 is 19.5 Å². The van der Waals surface area contributed by atoms with E-state index in [0.29, 0.717) is 19.5 Å². The molecular formula is C11H19N3O4. The summed E-state index contributed by atoms with van der Waals surface area (Å²) in [6.07, 6.45) is 2.34. The second-order valence-electron chi connectivity index (χ2n) is 4.23. The van der Waals surface area contributed by atoms with Crippen molar-refractivity contribution in [3.63, 3.8) is 0 Å². The number of carbonyl (C=O) groups excluding carboxylic acids is 2. The van der Waals surface area contributed by atoms with Crippen molar-refractivity contribution in [3.05, 3.63) is 0 Å². The normalized spacial score (nSPS) is 19.1. The molecule has 0 aromatic carbocycles. The SMILES string of the molecule is O=C(O)CCCCCNC(=O)C1CNC(=O)CN1. The van der Waals surface area contributed by atoms with Crippen LogP contribution in [0.2, 0.25) is 0 Å². The van der Waals surface area contributed by atoms with E-state index in [1.165, 1.54) is 0 Å². The summed E-state index contributed by atoms with van der Waals surface area (Å²) in [7, 11) is 0. The zero-order valence-electron chi connectivity index (χ0n) is 10.2. The maximum Gasteiger partial charge on any atom is 0.303 e. The number of carboxylic acid groups (broad SMARTS) is 1. The highest BCUT2D eigenvalue weighted by Gasteiger charge is 2.22. The molecule has 0 aromatic heterocycles. The predicted octanol–water partition coefficient (Wildman–Crippen LogP) is -1.16. The van der Waals surface area contributed by atoms with Crippen LogP contribution in [-0.2, 0) is 14.4 Å². The van der Waals surface area contributed by atoms with Crippen LogP contribution < -0.4 is 16.0 Å². The minimum Gasteiger partial charge on any atom is -0.481 e. The molecule has 0 aliphatic carbocycles. The van der Waals surface area contributed by atoms with E-state index in [9.17, 15) is 14.4 Å². The van der Waals surface area contributed by atoms with Gasteiger partial charge in [0.1, 0.15) is 6.04 Å². The molecule has 1 atom stereocenters. The highest BCUT2D eigenvalue weighted by molar-refractivity contribution is 5.86. The fraction of sp³-hybridized carbons (Fsp3) is 0.727. The van der Waals surface area contributed by atoms with E-state index in [0.717, 1.165) is 12.8 Å². The summed E-state index contributed by atoms with van der Waals surface area (Å²) in [5.41, 5.74) is 0. The average Bonchev–Trinajstić information content (AvgIpc) is 2.34. The maximum absolute atomic E-state index is 11.6. The number of hydrogen-bond donors (Lipinski definition) is 4. The Morgan fingerprint density at radius 1 is 1.33 bits per heavy atom. The molecule has 4 N–H and O–H groups in total. The van der Waals surface area contributed by atoms with E-state index < -0.39 is 5.97 Å². The molecule has 1 saturated heterocycles. The molecular weight excluding hydrogens is 238 g/mol. The number of carbonyl (C=O) groups is 3. The zero-order valence-corrected chi connectivity index (χ0v) is 10.2. The van der Waals surface area contributed by atoms with Crippen molar-refractivity contribution in [2.45, 2.75) is 31.7 Å². The molecule has 18 heavy (non-hydrogen) atoms. The van der Waals surface area contributed by atoms with Gasteiger partial charge in [0, 0.05) is 19.5 Å². The number of piperazine rings is 1. The van der Waals surface area contributed by atoms with Crippen LogP contribution in [-0.4, -0.2) is 48.6 Å². The Bertz CT molecular complexity index is 309. The highest BCUT2D eigenvalue weighted by atomic mass is 16.4. The number of aliphatic carboxylic acids is 1. The van der Waals surface area contributed by atoms with Gasteiger partial charge in [-0.1, -0.05) is 6.42 Å². The second-order valence-corrected chi connectivity index (χ2v) is 4.23. The summed E-state index contributed by atoms with van der Waals surface area (Å²) in [5.74, 6) is -1.03. The van der Waals surface area contributed by atoms with Crippen molar-refractivity contribution in [2.75, 3.05) is 19.6 Å². The molecule has 0 saturated carbocycles. The van der Waals surface area contributed by atoms with Crippen LogP contribution in [0.15, 0.2) is 0 Å². The number of carboxylic acids is 1. The van der Waals surface area contributed by atoms with Gasteiger partial charge in [-0.2, -0.15) is 0 Å². The first-order valence-electron chi connectivity index (χ1n) is 6.09. The van der Waals surface area contributed by atoms with Gasteiger partial charge in [0.25, 0.3) is 0 Å². The van der Waals surface area contributed by atoms with Gasteiger partial charge in [0.05, 0.1) is 6.54 Å². The van der Waals surface area contributed by atoms with Crippen molar-refractivity contribution in [2.24, 2.45) is 0 Å². The molecule has 7 nitrogen and oxygen atoms in total. The smallest absolute Gasteiger partial charge is 0.303 e. The molecule has 1 aliphatic rings. The Hall–Kier alpha value is -1.63. The third-order valence-corrected chi connectivity index (χ3v) is 2.70. The molecule has 7 heteroatoms. The third-order valence-electron chi connectivity index (χ3n) is 2.70. The Morgan fingerprint density at radius 2 is 2.11 bits per heavy atom. The number of rotatable bonds is 7. The molecule has 2 amide bonds. The minimum atomic E-state index is -0.791. The summed E-state index contributed by atoms with van der Waals surface area (Å²) in [5, 5.41) is 16.6. The third kappa shape index (κ3) is 5.62. The average molecular weight is 257 g/mol. The first kappa shape index (κ1) is 14.4. The number of amides is 2. The summed E-state index contributed by atoms with van der Waals surface area (Å²) < 4.78 is 0. The van der Waals surface area contributed by atoms with Crippen molar-refractivity contribution >= 4 is 17.8 Å². The highest BCUT2D eigenvalue weighted by Crippen LogP contribution is 1.98. The number of hydrogen-bond acceptors (Lipinski definition) is 4. The van der Waals surface area contributed by atoms with Crippen LogP contribution in [0.3, 0.4) is 0 Å². The van der Waals surface area contributed by atoms with Crippen LogP contribution in [0, 0.1) is 0 Å². The van der Waals surface area contributed by atoms with Crippen molar-refractivity contribution in [3.8, 4) is 0 Å². The Balaban J connectivity index is 2.03. The van der Waals surface area contributed by atoms with Gasteiger partial charge in [0.2, 0.25) is 11.8 Å². The lowest BCUT2D eigenvalue weighted by Gasteiger charge is -2.23. The molecule has 0 bridgehead atoms. The van der Waals surface area contributed by atoms with E-state index in [2.05, 4.69) is 16.0 Å². The van der Waals surface area contributed by atoms with E-state index in [1.807, 2.05) is 0 Å². The Kier molecular flexibility index (Phi) is 6.13. The van der Waals surface area contributed by atoms with Gasteiger partial charge in [-0.25, -0.2) is 0 Å². The molecule has 1 fully saturated rings. The quantitative estimate of drug-likeness (QED) is 0.430. The van der Waals surface area contributed by atoms with Gasteiger partial charge in [-0.05, 0) is 12.8 Å². The lowest BCUT2D eigenvalue weighted by atomic mass is 10.2. The lowest BCUT2D eigenvalue weighted by molar-refractivity contribution is -0.137. The van der Waals surface area contributed by atoms with Gasteiger partial charge in [0.15, 0.2) is 0 Å². The summed E-state index contributed by atoms with van der Waals surface area (Å²) in [4.78, 5) is 32.8. The van der Waals surface area contributed by atoms with Gasteiger partial charge in [-0.15, -0.1) is 0 Å². The minimum absolute atomic E-state index is 0.104. The molecule has 0 radical (unpaired) electrons. The van der Waals surface area contributed by atoms with Gasteiger partial charge in [-0.3, -0.25) is 19.7 Å². The van der Waals surface area contributed by atoms with Crippen molar-refractivity contribution in [1.82, 2.24) is 16.0 Å². The largest absolute Gasteiger partial charge is 0.481 e. The van der Waals surface area contributed by atoms with Crippen LogP contribution >= 0.6 is 0 Å². The predicted molar refractivity (Wildman–Crippen MR) is 63.9 cm³/mol. The van der Waals surface area contributed by atoms with Crippen LogP contribution in [0.1, 0.15) is 25.7 Å². The maximum atomic E-state index is 11.6. The summed E-state index contributed by atoms with van der Waals surface area (Å²) in [6.45, 7) is 1.00. The van der Waals surface area contributed by atoms with Crippen molar-refractivity contribution in [1.29, 1.82) is 0 Å². The molecule has 102 valence electrons. The summed E-state index contributed by atoms with van der Waals surface area (Å²) >= 11 is 0. The fourth-order valence-electron chi connectivity index (χ4n) is 1.66. The first-order chi connectivity index (χ1) is 8.59. The monoisotopic (exact) mass is 257 g/mol. The van der Waals surface area contributed by atoms with Crippen LogP contribution in [0.25, 0.3) is 0 Å². The van der Waals surface area contributed by atoms with Gasteiger partial charge < -0.3 is 15.7 Å². The fourth-order valence-corrected chi connectivity index (χ4v) is 1.66. The van der Waals surface area contributed by atoms with E-state index in [4.69, 9.17) is 5.11 Å². The second kappa shape index (κ2) is 7.65. The zero-order chi connectivity index (χ0) is 13.4. The van der Waals surface area contributed by atoms with E-state index >= 15 is 0 Å². The first-order valence-corrected chi connectivity index (χ1v) is 6.09. The van der Waals surface area contributed by atoms with Gasteiger partial charge >= 0.3 is 5.97 Å². The van der Waals surface area contributed by atoms with E-state index in [-0.39, 0.29) is 30.8 Å². The molecule has 1 unspecified atom stereocenters. The molecule has 1 rings (SSSR count). The lowest BCUT2D eigenvalue weighted by Crippen LogP contribution is -2.58. The Morgan fingerprint density at radius 3 is 2.72 bits per heavy atom. The summed E-state index contributed by atoms with van der Waals surface area (Å²) in [6, 6.07) is -0.373. The molecule has 0 aromatic rings. The van der Waals surface area contributed by atoms with Crippen LogP contribution in [0.5, 0.6) is 0 Å². The number of unbranched alkanes of at least 4 members (excludes halogenated alkanes) is 2. The standard InChI is InChI=1S/C11H19N3O4/c15-9-7-13-8(6-14-9)11(18)12-5-3-1-2-4-10(16)17/h8,13H,1-7H2,(H,12,18)(H,14,15)(H,16,17). The Labute approximate surface area is 105 Å². The van der Waals surface area contributed by atoms with E-state index in [1.54, 1.807) is 0 Å². The van der Waals surface area contributed by atoms with Crippen LogP contribution in [0.4, 0.5) is 0 Å². The number of nitrogens with one attached hydrogen (secondary N) is 3. The molecule has 1 heterocycles. The topological polar surface area (TPSA) is 108 Å².